The Kier molecular flexibility index (Phi) is 6.15. The molecule has 3 aliphatic rings. The van der Waals surface area contributed by atoms with Crippen molar-refractivity contribution in [2.75, 3.05) is 39.3 Å². The zero-order valence-electron chi connectivity index (χ0n) is 16.3. The third kappa shape index (κ3) is 4.73. The Bertz CT molecular complexity index is 590. The molecule has 0 bridgehead atoms. The predicted octanol–water partition coefficient (Wildman–Crippen LogP) is 1.94. The van der Waals surface area contributed by atoms with Gasteiger partial charge in [-0.1, -0.05) is 0 Å². The van der Waals surface area contributed by atoms with Crippen LogP contribution < -0.4 is 0 Å². The Morgan fingerprint density at radius 3 is 2.52 bits per heavy atom. The fraction of sp³-hybridized carbons (Fsp3) is 0.762. The molecule has 1 amide bonds. The highest BCUT2D eigenvalue weighted by molar-refractivity contribution is 5.79. The second kappa shape index (κ2) is 8.76. The summed E-state index contributed by atoms with van der Waals surface area (Å²) in [6, 6.07) is 4.49. The number of aliphatic hydroxyl groups is 1. The number of aliphatic hydroxyl groups excluding tert-OH is 1. The van der Waals surface area contributed by atoms with Crippen molar-refractivity contribution < 1.29 is 14.3 Å². The summed E-state index contributed by atoms with van der Waals surface area (Å²) in [5, 5.41) is 9.91. The van der Waals surface area contributed by atoms with Gasteiger partial charge in [-0.15, -0.1) is 0 Å². The molecule has 6 nitrogen and oxygen atoms in total. The molecule has 0 aliphatic carbocycles. The van der Waals surface area contributed by atoms with Gasteiger partial charge in [0.15, 0.2) is 0 Å². The monoisotopic (exact) mass is 375 g/mol. The third-order valence-electron chi connectivity index (χ3n) is 6.62. The van der Waals surface area contributed by atoms with Gasteiger partial charge in [0.2, 0.25) is 5.91 Å². The van der Waals surface area contributed by atoms with Crippen LogP contribution in [-0.2, 0) is 11.3 Å². The van der Waals surface area contributed by atoms with Crippen molar-refractivity contribution in [1.82, 2.24) is 14.7 Å². The van der Waals surface area contributed by atoms with Gasteiger partial charge in [0.1, 0.15) is 5.76 Å². The van der Waals surface area contributed by atoms with E-state index in [1.54, 1.807) is 6.26 Å². The van der Waals surface area contributed by atoms with Gasteiger partial charge in [-0.3, -0.25) is 14.6 Å². The molecule has 3 saturated heterocycles. The summed E-state index contributed by atoms with van der Waals surface area (Å²) in [4.78, 5) is 19.9. The molecule has 3 fully saturated rings. The number of likely N-dealkylation sites (tertiary alicyclic amines) is 3. The first kappa shape index (κ1) is 19.0. The zero-order chi connectivity index (χ0) is 18.6. The van der Waals surface area contributed by atoms with Crippen molar-refractivity contribution >= 4 is 5.91 Å². The standard InChI is InChI=1S/C21H33N3O3/c25-19-3-1-9-24(15-19)18-7-12-23(13-8-18)21(26)17-5-10-22(11-6-17)16-20-4-2-14-27-20/h2,4,14,17-19,25H,1,3,5-13,15-16H2/t19-/m0/s1. The van der Waals surface area contributed by atoms with Crippen LogP contribution >= 0.6 is 0 Å². The molecule has 0 aromatic carbocycles. The SMILES string of the molecule is O=C(C1CCN(Cc2ccco2)CC1)N1CCC(N2CCC[C@H](O)C2)CC1. The third-order valence-corrected chi connectivity index (χ3v) is 6.62. The molecule has 1 aromatic rings. The molecule has 4 rings (SSSR count). The van der Waals surface area contributed by atoms with Gasteiger partial charge in [0, 0.05) is 31.6 Å². The molecule has 1 aromatic heterocycles. The molecule has 6 heteroatoms. The van der Waals surface area contributed by atoms with Crippen LogP contribution in [0.4, 0.5) is 0 Å². The van der Waals surface area contributed by atoms with Gasteiger partial charge < -0.3 is 14.4 Å². The molecule has 3 aliphatic heterocycles. The number of carbonyl (C=O) groups excluding carboxylic acids is 1. The second-order valence-corrected chi connectivity index (χ2v) is 8.48. The molecular formula is C21H33N3O3. The number of piperidine rings is 3. The van der Waals surface area contributed by atoms with Crippen LogP contribution in [0.5, 0.6) is 0 Å². The lowest BCUT2D eigenvalue weighted by molar-refractivity contribution is -0.139. The average molecular weight is 376 g/mol. The highest BCUT2D eigenvalue weighted by atomic mass is 16.3. The van der Waals surface area contributed by atoms with E-state index in [1.165, 1.54) is 0 Å². The predicted molar refractivity (Wildman–Crippen MR) is 103 cm³/mol. The lowest BCUT2D eigenvalue weighted by atomic mass is 9.93. The van der Waals surface area contributed by atoms with Crippen molar-refractivity contribution in [2.24, 2.45) is 5.92 Å². The summed E-state index contributed by atoms with van der Waals surface area (Å²) in [6.45, 7) is 6.46. The van der Waals surface area contributed by atoms with Gasteiger partial charge in [-0.2, -0.15) is 0 Å². The van der Waals surface area contributed by atoms with Gasteiger partial charge >= 0.3 is 0 Å². The van der Waals surface area contributed by atoms with E-state index in [9.17, 15) is 9.90 Å². The largest absolute Gasteiger partial charge is 0.468 e. The van der Waals surface area contributed by atoms with Crippen LogP contribution in [0.15, 0.2) is 22.8 Å². The first-order chi connectivity index (χ1) is 13.2. The number of hydrogen-bond donors (Lipinski definition) is 1. The summed E-state index contributed by atoms with van der Waals surface area (Å²) < 4.78 is 5.44. The molecule has 0 saturated carbocycles. The lowest BCUT2D eigenvalue weighted by Gasteiger charge is -2.42. The van der Waals surface area contributed by atoms with E-state index in [-0.39, 0.29) is 12.0 Å². The van der Waals surface area contributed by atoms with Crippen molar-refractivity contribution in [3.8, 4) is 0 Å². The first-order valence-electron chi connectivity index (χ1n) is 10.6. The van der Waals surface area contributed by atoms with Gasteiger partial charge in [-0.25, -0.2) is 0 Å². The Hall–Kier alpha value is -1.37. The van der Waals surface area contributed by atoms with Gasteiger partial charge in [0.05, 0.1) is 18.9 Å². The van der Waals surface area contributed by atoms with Crippen molar-refractivity contribution in [3.63, 3.8) is 0 Å². The van der Waals surface area contributed by atoms with Crippen LogP contribution in [0.1, 0.15) is 44.3 Å². The van der Waals surface area contributed by atoms with Crippen LogP contribution in [0.2, 0.25) is 0 Å². The van der Waals surface area contributed by atoms with Crippen LogP contribution in [0, 0.1) is 5.92 Å². The summed E-state index contributed by atoms with van der Waals surface area (Å²) in [7, 11) is 0. The van der Waals surface area contributed by atoms with Crippen molar-refractivity contribution in [3.05, 3.63) is 24.2 Å². The zero-order valence-corrected chi connectivity index (χ0v) is 16.3. The molecule has 4 heterocycles. The maximum Gasteiger partial charge on any atom is 0.225 e. The summed E-state index contributed by atoms with van der Waals surface area (Å²) in [6.07, 6.45) is 7.61. The second-order valence-electron chi connectivity index (χ2n) is 8.48. The van der Waals surface area contributed by atoms with Crippen LogP contribution in [-0.4, -0.2) is 77.1 Å². The normalized spacial score (nSPS) is 27.1. The quantitative estimate of drug-likeness (QED) is 0.872. The Balaban J connectivity index is 1.20. The first-order valence-corrected chi connectivity index (χ1v) is 10.6. The summed E-state index contributed by atoms with van der Waals surface area (Å²) in [5.41, 5.74) is 0. The van der Waals surface area contributed by atoms with Gasteiger partial charge in [-0.05, 0) is 70.3 Å². The molecule has 1 N–H and O–H groups in total. The fourth-order valence-electron chi connectivity index (χ4n) is 4.99. The molecule has 0 unspecified atom stereocenters. The van der Waals surface area contributed by atoms with Crippen LogP contribution in [0.3, 0.4) is 0 Å². The average Bonchev–Trinajstić information content (AvgIpc) is 3.21. The minimum absolute atomic E-state index is 0.162. The number of carbonyl (C=O) groups is 1. The smallest absolute Gasteiger partial charge is 0.225 e. The van der Waals surface area contributed by atoms with E-state index < -0.39 is 0 Å². The maximum atomic E-state index is 12.9. The number of amides is 1. The number of β-amino-alcohol motifs (C(OH)–C–C–N with tert-alkyl or cyclic N) is 1. The molecule has 0 radical (unpaired) electrons. The van der Waals surface area contributed by atoms with E-state index in [0.29, 0.717) is 11.9 Å². The lowest BCUT2D eigenvalue weighted by Crippen LogP contribution is -2.52. The molecule has 150 valence electrons. The number of hydrogen-bond acceptors (Lipinski definition) is 5. The molecule has 27 heavy (non-hydrogen) atoms. The van der Waals surface area contributed by atoms with Crippen molar-refractivity contribution in [1.29, 1.82) is 0 Å². The molecule has 0 spiro atoms. The highest BCUT2D eigenvalue weighted by Crippen LogP contribution is 2.25. The molecule has 1 atom stereocenters. The minimum atomic E-state index is -0.162. The Labute approximate surface area is 162 Å². The Morgan fingerprint density at radius 2 is 1.85 bits per heavy atom. The summed E-state index contributed by atoms with van der Waals surface area (Å²) >= 11 is 0. The van der Waals surface area contributed by atoms with Crippen LogP contribution in [0.25, 0.3) is 0 Å². The number of nitrogens with zero attached hydrogens (tertiary/aromatic N) is 3. The Morgan fingerprint density at radius 1 is 1.07 bits per heavy atom. The summed E-state index contributed by atoms with van der Waals surface area (Å²) in [5.74, 6) is 1.56. The van der Waals surface area contributed by atoms with E-state index in [4.69, 9.17) is 4.42 Å². The topological polar surface area (TPSA) is 60.2 Å². The van der Waals surface area contributed by atoms with E-state index in [2.05, 4.69) is 14.7 Å². The van der Waals surface area contributed by atoms with E-state index in [1.807, 2.05) is 12.1 Å². The minimum Gasteiger partial charge on any atom is -0.468 e. The molecular weight excluding hydrogens is 342 g/mol. The maximum absolute atomic E-state index is 12.9. The van der Waals surface area contributed by atoms with E-state index >= 15 is 0 Å². The fourth-order valence-corrected chi connectivity index (χ4v) is 4.99. The van der Waals surface area contributed by atoms with Crippen molar-refractivity contribution in [2.45, 2.75) is 57.2 Å². The van der Waals surface area contributed by atoms with E-state index in [0.717, 1.165) is 90.1 Å². The number of rotatable bonds is 4. The number of furan rings is 1. The highest BCUT2D eigenvalue weighted by Gasteiger charge is 2.33. The van der Waals surface area contributed by atoms with Gasteiger partial charge in [0.25, 0.3) is 0 Å².